The summed E-state index contributed by atoms with van der Waals surface area (Å²) in [6.07, 6.45) is 6.96. The Hall–Kier alpha value is -2.86. The molecule has 18 heteroatoms. The van der Waals surface area contributed by atoms with Gasteiger partial charge in [-0.05, 0) is 90.0 Å². The van der Waals surface area contributed by atoms with E-state index in [4.69, 9.17) is 4.74 Å². The van der Waals surface area contributed by atoms with E-state index in [1.54, 1.807) is 0 Å². The van der Waals surface area contributed by atoms with Crippen LogP contribution in [0, 0.1) is 0 Å². The molecule has 294 valence electrons. The molecule has 48 heavy (non-hydrogen) atoms. The van der Waals surface area contributed by atoms with Gasteiger partial charge in [-0.25, -0.2) is 25.3 Å². The van der Waals surface area contributed by atoms with Crippen molar-refractivity contribution in [3.63, 3.8) is 0 Å². The van der Waals surface area contributed by atoms with Gasteiger partial charge in [-0.3, -0.25) is 9.59 Å². The van der Waals surface area contributed by atoms with E-state index in [9.17, 15) is 58.8 Å². The maximum Gasteiger partial charge on any atom is 0.303 e. The predicted molar refractivity (Wildman–Crippen MR) is 193 cm³/mol. The molecule has 0 amide bonds. The van der Waals surface area contributed by atoms with Gasteiger partial charge in [0.25, 0.3) is 0 Å². The van der Waals surface area contributed by atoms with Crippen LogP contribution >= 0.6 is 0 Å². The molecule has 0 aromatic heterocycles. The SMILES string of the molecule is CC(=O)OC(C)(C)C.CC(C)=O.CC(C)=O.CC(C)=O.CC(C)=O.CC(C)=O.COC(C)=O.CS(C)(=O)=O.CS(C)(=O)=O.CS(C)(=O)=O. The number of ketones is 5. The Morgan fingerprint density at radius 3 is 0.458 bits per heavy atom. The first-order chi connectivity index (χ1) is 20.3. The van der Waals surface area contributed by atoms with Crippen LogP contribution in [0.2, 0.25) is 0 Å². The second-order valence-corrected chi connectivity index (χ2v) is 18.2. The molecule has 0 heterocycles. The molecule has 0 aromatic carbocycles. The molecule has 15 nitrogen and oxygen atoms in total. The summed E-state index contributed by atoms with van der Waals surface area (Å²) in [5, 5.41) is 0. The zero-order valence-corrected chi connectivity index (χ0v) is 35.8. The molecule has 0 radical (unpaired) electrons. The molecule has 0 saturated heterocycles. The Bertz CT molecular complexity index is 1010. The average molecular weight is 763 g/mol. The lowest BCUT2D eigenvalue weighted by atomic mass is 10.2. The Morgan fingerprint density at radius 2 is 0.458 bits per heavy atom. The number of hydrogen-bond donors (Lipinski definition) is 0. The lowest BCUT2D eigenvalue weighted by Crippen LogP contribution is -2.21. The van der Waals surface area contributed by atoms with Crippen molar-refractivity contribution in [3.05, 3.63) is 0 Å². The van der Waals surface area contributed by atoms with E-state index >= 15 is 0 Å². The highest BCUT2D eigenvalue weighted by Crippen LogP contribution is 2.05. The Labute approximate surface area is 292 Å². The van der Waals surface area contributed by atoms with Crippen LogP contribution < -0.4 is 0 Å². The monoisotopic (exact) mass is 762 g/mol. The van der Waals surface area contributed by atoms with Crippen molar-refractivity contribution < 1.29 is 68.3 Å². The largest absolute Gasteiger partial charge is 0.469 e. The lowest BCUT2D eigenvalue weighted by molar-refractivity contribution is -0.152. The minimum atomic E-state index is -2.67. The molecule has 0 aliphatic rings. The first-order valence-corrected chi connectivity index (χ1v) is 20.3. The van der Waals surface area contributed by atoms with Crippen LogP contribution in [0.4, 0.5) is 0 Å². The van der Waals surface area contributed by atoms with Crippen molar-refractivity contribution in [1.29, 1.82) is 0 Å². The number of sulfone groups is 3. The Kier molecular flexibility index (Phi) is 62.6. The minimum absolute atomic E-state index is 0.167. The van der Waals surface area contributed by atoms with Crippen LogP contribution in [0.25, 0.3) is 0 Å². The van der Waals surface area contributed by atoms with Gasteiger partial charge in [0.1, 0.15) is 64.0 Å². The van der Waals surface area contributed by atoms with Gasteiger partial charge in [0.2, 0.25) is 0 Å². The standard InChI is InChI=1S/C6H12O2.C3H6O2.5C3H6O.3C2H6O2S/c1-5(7)8-6(2,3)4;1-3(4)5-2;5*1-3(2)4;3*1-5(2,3)4/h1-4H3;1-2H3;5*1-2H3;3*1-2H3. The molecule has 0 aliphatic carbocycles. The maximum atomic E-state index is 10.2. The topological polar surface area (TPSA) is 240 Å². The molecule has 0 bridgehead atoms. The van der Waals surface area contributed by atoms with Gasteiger partial charge in [-0.1, -0.05) is 0 Å². The van der Waals surface area contributed by atoms with Crippen LogP contribution in [0.1, 0.15) is 104 Å². The van der Waals surface area contributed by atoms with Crippen molar-refractivity contribution in [2.45, 2.75) is 109 Å². The van der Waals surface area contributed by atoms with Crippen LogP contribution in [-0.2, 0) is 72.5 Å². The molecule has 0 rings (SSSR count). The normalized spacial score (nSPS) is 8.88. The summed E-state index contributed by atoms with van der Waals surface area (Å²) in [5.41, 5.74) is -0.328. The number of Topliss-reactive ketones (excluding diaryl/α,β-unsaturated/α-hetero) is 5. The highest BCUT2D eigenvalue weighted by molar-refractivity contribution is 7.90. The number of esters is 2. The summed E-state index contributed by atoms with van der Waals surface area (Å²) in [4.78, 5) is 67.0. The fraction of sp³-hybridized carbons (Fsp3) is 0.767. The quantitative estimate of drug-likeness (QED) is 0.321. The van der Waals surface area contributed by atoms with Crippen molar-refractivity contribution in [3.8, 4) is 0 Å². The van der Waals surface area contributed by atoms with E-state index in [0.29, 0.717) is 0 Å². The van der Waals surface area contributed by atoms with E-state index in [2.05, 4.69) is 4.74 Å². The smallest absolute Gasteiger partial charge is 0.303 e. The van der Waals surface area contributed by atoms with Crippen molar-refractivity contribution in [1.82, 2.24) is 0 Å². The molecule has 0 unspecified atom stereocenters. The Balaban J connectivity index is -0.0000000422. The Morgan fingerprint density at radius 1 is 0.375 bits per heavy atom. The molecular weight excluding hydrogens is 697 g/mol. The van der Waals surface area contributed by atoms with Gasteiger partial charge >= 0.3 is 11.9 Å². The van der Waals surface area contributed by atoms with E-state index in [-0.39, 0.29) is 46.5 Å². The van der Waals surface area contributed by atoms with Gasteiger partial charge in [0, 0.05) is 51.4 Å². The van der Waals surface area contributed by atoms with Gasteiger partial charge in [-0.2, -0.15) is 0 Å². The summed E-state index contributed by atoms with van der Waals surface area (Å²) in [6.45, 7) is 23.6. The van der Waals surface area contributed by atoms with Gasteiger partial charge in [0.05, 0.1) is 7.11 Å². The van der Waals surface area contributed by atoms with Gasteiger partial charge < -0.3 is 33.4 Å². The predicted octanol–water partition coefficient (Wildman–Crippen LogP) is 3.49. The van der Waals surface area contributed by atoms with E-state index in [1.807, 2.05) is 20.8 Å². The van der Waals surface area contributed by atoms with Crippen molar-refractivity contribution >= 4 is 70.4 Å². The van der Waals surface area contributed by atoms with E-state index in [1.165, 1.54) is 90.2 Å². The third-order valence-electron chi connectivity index (χ3n) is 0.737. The number of rotatable bonds is 0. The van der Waals surface area contributed by atoms with Crippen LogP contribution in [0.3, 0.4) is 0 Å². The fourth-order valence-electron chi connectivity index (χ4n) is 0.431. The molecule has 0 aliphatic heterocycles. The fourth-order valence-corrected chi connectivity index (χ4v) is 0.431. The zero-order valence-electron chi connectivity index (χ0n) is 33.3. The molecule has 0 spiro atoms. The first kappa shape index (κ1) is 71.2. The molecule has 0 saturated carbocycles. The number of carbonyl (C=O) groups is 7. The van der Waals surface area contributed by atoms with Crippen molar-refractivity contribution in [2.75, 3.05) is 44.6 Å². The minimum Gasteiger partial charge on any atom is -0.469 e. The zero-order chi connectivity index (χ0) is 42.5. The number of carbonyl (C=O) groups excluding carboxylic acids is 7. The molecule has 0 atom stereocenters. The molecule has 0 aromatic rings. The van der Waals surface area contributed by atoms with Gasteiger partial charge in [-0.15, -0.1) is 0 Å². The van der Waals surface area contributed by atoms with E-state index in [0.717, 1.165) is 37.5 Å². The van der Waals surface area contributed by atoms with E-state index < -0.39 is 29.5 Å². The van der Waals surface area contributed by atoms with Crippen molar-refractivity contribution in [2.24, 2.45) is 0 Å². The molecule has 0 N–H and O–H groups in total. The van der Waals surface area contributed by atoms with Crippen LogP contribution in [0.5, 0.6) is 0 Å². The molecule has 0 fully saturated rings. The summed E-state index contributed by atoms with van der Waals surface area (Å²) >= 11 is 0. The number of methoxy groups -OCH3 is 1. The number of hydrogen-bond acceptors (Lipinski definition) is 15. The number of ether oxygens (including phenoxy) is 2. The lowest BCUT2D eigenvalue weighted by Gasteiger charge is -2.17. The summed E-state index contributed by atoms with van der Waals surface area (Å²) in [6, 6.07) is 0. The summed E-state index contributed by atoms with van der Waals surface area (Å²) < 4.78 is 66.7. The summed E-state index contributed by atoms with van der Waals surface area (Å²) in [7, 11) is -6.65. The second kappa shape index (κ2) is 42.2. The highest BCUT2D eigenvalue weighted by atomic mass is 32.2. The van der Waals surface area contributed by atoms with Crippen LogP contribution in [-0.4, -0.2) is 116 Å². The first-order valence-electron chi connectivity index (χ1n) is 13.4. The maximum absolute atomic E-state index is 10.2. The third kappa shape index (κ3) is 4470. The average Bonchev–Trinajstić information content (AvgIpc) is 2.59. The third-order valence-corrected chi connectivity index (χ3v) is 0.737. The van der Waals surface area contributed by atoms with Gasteiger partial charge in [0.15, 0.2) is 0 Å². The highest BCUT2D eigenvalue weighted by Gasteiger charge is 2.11. The second-order valence-electron chi connectivity index (χ2n) is 11.4. The van der Waals surface area contributed by atoms with Crippen LogP contribution in [0.15, 0.2) is 0 Å². The summed E-state index contributed by atoms with van der Waals surface area (Å²) in [5.74, 6) is 0.363. The molecular formula is C30H66O15S3.